The van der Waals surface area contributed by atoms with Crippen LogP contribution >= 0.6 is 0 Å². The number of likely N-dealkylation sites (tertiary alicyclic amines) is 1. The largest absolute Gasteiger partial charge is 0.380 e. The summed E-state index contributed by atoms with van der Waals surface area (Å²) < 4.78 is 5.58. The summed E-state index contributed by atoms with van der Waals surface area (Å²) in [6, 6.07) is 10.5. The highest BCUT2D eigenvalue weighted by Gasteiger charge is 2.46. The molecule has 0 radical (unpaired) electrons. The SMILES string of the molecule is CN(C)C1CC2(CCN(C3CCOC3)CC2)c2ccccc21. The molecule has 3 aliphatic rings. The number of hydrogen-bond acceptors (Lipinski definition) is 3. The molecular formula is C19H28N2O. The molecule has 0 bridgehead atoms. The van der Waals surface area contributed by atoms with E-state index in [2.05, 4.69) is 48.2 Å². The zero-order chi connectivity index (χ0) is 15.2. The van der Waals surface area contributed by atoms with Gasteiger partial charge in [-0.3, -0.25) is 4.90 Å². The maximum atomic E-state index is 5.58. The molecule has 1 aliphatic carbocycles. The average molecular weight is 300 g/mol. The lowest BCUT2D eigenvalue weighted by Crippen LogP contribution is -2.46. The van der Waals surface area contributed by atoms with Crippen molar-refractivity contribution in [3.05, 3.63) is 35.4 Å². The average Bonchev–Trinajstić information content (AvgIpc) is 3.16. The number of nitrogens with zero attached hydrogens (tertiary/aromatic N) is 2. The third kappa shape index (κ3) is 2.31. The van der Waals surface area contributed by atoms with Crippen LogP contribution in [0.3, 0.4) is 0 Å². The predicted octanol–water partition coefficient (Wildman–Crippen LogP) is 2.82. The number of benzene rings is 1. The number of ether oxygens (including phenoxy) is 1. The smallest absolute Gasteiger partial charge is 0.0622 e. The van der Waals surface area contributed by atoms with E-state index in [1.807, 2.05) is 0 Å². The summed E-state index contributed by atoms with van der Waals surface area (Å²) in [7, 11) is 4.46. The van der Waals surface area contributed by atoms with Gasteiger partial charge in [-0.15, -0.1) is 0 Å². The van der Waals surface area contributed by atoms with Gasteiger partial charge in [0.05, 0.1) is 6.61 Å². The van der Waals surface area contributed by atoms with E-state index in [0.717, 1.165) is 13.2 Å². The predicted molar refractivity (Wildman–Crippen MR) is 89.2 cm³/mol. The second kappa shape index (κ2) is 5.63. The highest BCUT2D eigenvalue weighted by atomic mass is 16.5. The Morgan fingerprint density at radius 1 is 1.18 bits per heavy atom. The highest BCUT2D eigenvalue weighted by Crippen LogP contribution is 2.52. The standard InChI is InChI=1S/C19H28N2O/c1-20(2)18-13-19(17-6-4-3-5-16(17)18)8-10-21(11-9-19)15-7-12-22-14-15/h3-6,15,18H,7-14H2,1-2H3. The molecule has 22 heavy (non-hydrogen) atoms. The van der Waals surface area contributed by atoms with Crippen molar-refractivity contribution in [3.8, 4) is 0 Å². The first-order chi connectivity index (χ1) is 10.7. The Balaban J connectivity index is 1.56. The zero-order valence-electron chi connectivity index (χ0n) is 13.9. The van der Waals surface area contributed by atoms with Crippen molar-refractivity contribution in [1.29, 1.82) is 0 Å². The van der Waals surface area contributed by atoms with Crippen molar-refractivity contribution >= 4 is 0 Å². The molecule has 1 aromatic rings. The Kier molecular flexibility index (Phi) is 3.75. The molecule has 2 atom stereocenters. The van der Waals surface area contributed by atoms with E-state index in [-0.39, 0.29) is 0 Å². The second-order valence-corrected chi connectivity index (χ2v) is 7.60. The molecule has 120 valence electrons. The van der Waals surface area contributed by atoms with Crippen LogP contribution in [-0.2, 0) is 10.2 Å². The lowest BCUT2D eigenvalue weighted by atomic mass is 9.73. The minimum atomic E-state index is 0.418. The van der Waals surface area contributed by atoms with E-state index in [1.165, 1.54) is 38.8 Å². The van der Waals surface area contributed by atoms with Crippen LogP contribution in [0.4, 0.5) is 0 Å². The first kappa shape index (κ1) is 14.7. The first-order valence-corrected chi connectivity index (χ1v) is 8.77. The van der Waals surface area contributed by atoms with Crippen molar-refractivity contribution in [1.82, 2.24) is 9.80 Å². The molecule has 2 heterocycles. The van der Waals surface area contributed by atoms with Gasteiger partial charge in [0.25, 0.3) is 0 Å². The Bertz CT molecular complexity index is 528. The summed E-state index contributed by atoms with van der Waals surface area (Å²) in [5, 5.41) is 0. The number of hydrogen-bond donors (Lipinski definition) is 0. The summed E-state index contributed by atoms with van der Waals surface area (Å²) in [6.45, 7) is 4.38. The van der Waals surface area contributed by atoms with Gasteiger partial charge in [0.2, 0.25) is 0 Å². The van der Waals surface area contributed by atoms with Crippen LogP contribution in [0.2, 0.25) is 0 Å². The molecule has 2 aliphatic heterocycles. The maximum Gasteiger partial charge on any atom is 0.0622 e. The van der Waals surface area contributed by atoms with Crippen LogP contribution in [-0.4, -0.2) is 56.2 Å². The van der Waals surface area contributed by atoms with Gasteiger partial charge >= 0.3 is 0 Å². The first-order valence-electron chi connectivity index (χ1n) is 8.77. The molecule has 0 aromatic heterocycles. The van der Waals surface area contributed by atoms with Gasteiger partial charge in [0.15, 0.2) is 0 Å². The molecular weight excluding hydrogens is 272 g/mol. The van der Waals surface area contributed by atoms with Gasteiger partial charge in [0, 0.05) is 18.7 Å². The van der Waals surface area contributed by atoms with Crippen LogP contribution in [0.25, 0.3) is 0 Å². The van der Waals surface area contributed by atoms with Gasteiger partial charge in [0.1, 0.15) is 0 Å². The van der Waals surface area contributed by atoms with Gasteiger partial charge in [-0.2, -0.15) is 0 Å². The quantitative estimate of drug-likeness (QED) is 0.835. The number of fused-ring (bicyclic) bond motifs is 2. The third-order valence-electron chi connectivity index (χ3n) is 6.28. The summed E-state index contributed by atoms with van der Waals surface area (Å²) in [6.07, 6.45) is 5.15. The lowest BCUT2D eigenvalue weighted by molar-refractivity contribution is 0.0906. The van der Waals surface area contributed by atoms with E-state index >= 15 is 0 Å². The van der Waals surface area contributed by atoms with Crippen LogP contribution in [0.15, 0.2) is 24.3 Å². The zero-order valence-corrected chi connectivity index (χ0v) is 13.9. The number of rotatable bonds is 2. The number of piperidine rings is 1. The van der Waals surface area contributed by atoms with E-state index in [4.69, 9.17) is 4.74 Å². The monoisotopic (exact) mass is 300 g/mol. The Morgan fingerprint density at radius 3 is 2.64 bits per heavy atom. The van der Waals surface area contributed by atoms with Gasteiger partial charge < -0.3 is 9.64 Å². The molecule has 1 aromatic carbocycles. The Hall–Kier alpha value is -0.900. The summed E-state index contributed by atoms with van der Waals surface area (Å²) in [5.41, 5.74) is 3.63. The van der Waals surface area contributed by atoms with Crippen LogP contribution < -0.4 is 0 Å². The van der Waals surface area contributed by atoms with Crippen molar-refractivity contribution in [3.63, 3.8) is 0 Å². The fourth-order valence-electron chi connectivity index (χ4n) is 4.92. The van der Waals surface area contributed by atoms with Gasteiger partial charge in [-0.25, -0.2) is 0 Å². The molecule has 0 saturated carbocycles. The summed E-state index contributed by atoms with van der Waals surface area (Å²) in [4.78, 5) is 5.09. The van der Waals surface area contributed by atoms with Crippen LogP contribution in [0.1, 0.15) is 42.9 Å². The maximum absolute atomic E-state index is 5.58. The summed E-state index contributed by atoms with van der Waals surface area (Å²) >= 11 is 0. The molecule has 2 saturated heterocycles. The van der Waals surface area contributed by atoms with Crippen molar-refractivity contribution < 1.29 is 4.74 Å². The Morgan fingerprint density at radius 2 is 1.95 bits per heavy atom. The fourth-order valence-corrected chi connectivity index (χ4v) is 4.92. The van der Waals surface area contributed by atoms with E-state index in [1.54, 1.807) is 11.1 Å². The van der Waals surface area contributed by atoms with E-state index in [9.17, 15) is 0 Å². The topological polar surface area (TPSA) is 15.7 Å². The fraction of sp³-hybridized carbons (Fsp3) is 0.684. The molecule has 1 spiro atoms. The molecule has 4 rings (SSSR count). The highest BCUT2D eigenvalue weighted by molar-refractivity contribution is 5.42. The van der Waals surface area contributed by atoms with Gasteiger partial charge in [-0.1, -0.05) is 24.3 Å². The van der Waals surface area contributed by atoms with Crippen LogP contribution in [0.5, 0.6) is 0 Å². The van der Waals surface area contributed by atoms with Gasteiger partial charge in [-0.05, 0) is 69.4 Å². The minimum Gasteiger partial charge on any atom is -0.380 e. The molecule has 0 N–H and O–H groups in total. The third-order valence-corrected chi connectivity index (χ3v) is 6.28. The normalized spacial score (nSPS) is 31.0. The molecule has 2 unspecified atom stereocenters. The molecule has 3 heteroatoms. The van der Waals surface area contributed by atoms with Crippen molar-refractivity contribution in [2.24, 2.45) is 0 Å². The van der Waals surface area contributed by atoms with Crippen LogP contribution in [0, 0.1) is 0 Å². The van der Waals surface area contributed by atoms with Crippen molar-refractivity contribution in [2.75, 3.05) is 40.4 Å². The second-order valence-electron chi connectivity index (χ2n) is 7.60. The molecule has 3 nitrogen and oxygen atoms in total. The van der Waals surface area contributed by atoms with E-state index < -0.39 is 0 Å². The minimum absolute atomic E-state index is 0.418. The molecule has 0 amide bonds. The summed E-state index contributed by atoms with van der Waals surface area (Å²) in [5.74, 6) is 0. The Labute approximate surface area is 134 Å². The van der Waals surface area contributed by atoms with Crippen molar-refractivity contribution in [2.45, 2.75) is 43.2 Å². The van der Waals surface area contributed by atoms with E-state index in [0.29, 0.717) is 17.5 Å². The lowest BCUT2D eigenvalue weighted by Gasteiger charge is -2.42. The molecule has 2 fully saturated rings.